The van der Waals surface area contributed by atoms with E-state index in [0.717, 1.165) is 30.6 Å². The first-order chi connectivity index (χ1) is 9.72. The van der Waals surface area contributed by atoms with E-state index in [0.29, 0.717) is 18.9 Å². The molecule has 5 nitrogen and oxygen atoms in total. The number of nitrogens with two attached hydrogens (primary N) is 1. The Balaban J connectivity index is 0.00000121. The Kier molecular flexibility index (Phi) is 7.13. The van der Waals surface area contributed by atoms with Crippen molar-refractivity contribution < 1.29 is 4.79 Å². The molecule has 2 heterocycles. The summed E-state index contributed by atoms with van der Waals surface area (Å²) in [6.07, 6.45) is 7.69. The summed E-state index contributed by atoms with van der Waals surface area (Å²) in [6.45, 7) is 0.475. The van der Waals surface area contributed by atoms with Gasteiger partial charge in [0.1, 0.15) is 5.65 Å². The molecule has 3 rings (SSSR count). The number of pyridine rings is 1. The van der Waals surface area contributed by atoms with E-state index in [4.69, 9.17) is 5.73 Å². The molecule has 22 heavy (non-hydrogen) atoms. The van der Waals surface area contributed by atoms with Crippen molar-refractivity contribution in [2.45, 2.75) is 38.3 Å². The number of nitrogens with one attached hydrogen (secondary N) is 1. The number of imidazole rings is 1. The Hall–Kier alpha value is -1.30. The molecule has 1 fully saturated rings. The summed E-state index contributed by atoms with van der Waals surface area (Å²) in [4.78, 5) is 16.4. The lowest BCUT2D eigenvalue weighted by Gasteiger charge is -2.14. The van der Waals surface area contributed by atoms with Gasteiger partial charge in [-0.1, -0.05) is 12.5 Å². The zero-order valence-corrected chi connectivity index (χ0v) is 13.9. The van der Waals surface area contributed by atoms with Gasteiger partial charge in [0.2, 0.25) is 5.91 Å². The van der Waals surface area contributed by atoms with Crippen LogP contribution in [0.2, 0.25) is 0 Å². The molecule has 0 bridgehead atoms. The van der Waals surface area contributed by atoms with E-state index in [9.17, 15) is 4.79 Å². The maximum absolute atomic E-state index is 11.9. The maximum atomic E-state index is 11.9. The van der Waals surface area contributed by atoms with Gasteiger partial charge in [-0.15, -0.1) is 24.8 Å². The second-order valence-electron chi connectivity index (χ2n) is 5.53. The van der Waals surface area contributed by atoms with E-state index in [1.54, 1.807) is 0 Å². The van der Waals surface area contributed by atoms with Crippen LogP contribution >= 0.6 is 24.8 Å². The molecule has 1 amide bonds. The van der Waals surface area contributed by atoms with E-state index in [2.05, 4.69) is 10.3 Å². The van der Waals surface area contributed by atoms with E-state index in [-0.39, 0.29) is 36.8 Å². The van der Waals surface area contributed by atoms with Gasteiger partial charge < -0.3 is 15.5 Å². The Bertz CT molecular complexity index is 583. The Morgan fingerprint density at radius 1 is 1.36 bits per heavy atom. The normalized spacial score (nSPS) is 20.2. The molecular weight excluding hydrogens is 323 g/mol. The molecule has 2 atom stereocenters. The van der Waals surface area contributed by atoms with E-state index in [1.165, 1.54) is 0 Å². The molecule has 122 valence electrons. The minimum Gasteiger partial charge on any atom is -0.350 e. The molecule has 1 aliphatic carbocycles. The number of carbonyl (C=O) groups is 1. The topological polar surface area (TPSA) is 72.4 Å². The Morgan fingerprint density at radius 3 is 2.86 bits per heavy atom. The molecule has 2 aromatic heterocycles. The van der Waals surface area contributed by atoms with E-state index in [1.807, 2.05) is 35.0 Å². The number of nitrogens with zero attached hydrogens (tertiary/aromatic N) is 2. The zero-order chi connectivity index (χ0) is 13.9. The number of aromatic nitrogens is 2. The fraction of sp³-hybridized carbons (Fsp3) is 0.467. The highest BCUT2D eigenvalue weighted by molar-refractivity contribution is 5.85. The third kappa shape index (κ3) is 4.35. The predicted octanol–water partition coefficient (Wildman–Crippen LogP) is 2.31. The molecule has 1 saturated carbocycles. The maximum Gasteiger partial charge on any atom is 0.220 e. The third-order valence-corrected chi connectivity index (χ3v) is 4.05. The molecule has 1 aliphatic rings. The van der Waals surface area contributed by atoms with Crippen LogP contribution in [0.4, 0.5) is 0 Å². The summed E-state index contributed by atoms with van der Waals surface area (Å²) < 4.78 is 1.95. The SMILES string of the molecule is Cl.Cl.N[C@@H]1CCC[C@H]1CC(=O)NCc1cn2ccccc2n1. The van der Waals surface area contributed by atoms with Gasteiger partial charge >= 0.3 is 0 Å². The molecule has 2 aromatic rings. The molecule has 7 heteroatoms. The molecule has 0 unspecified atom stereocenters. The summed E-state index contributed by atoms with van der Waals surface area (Å²) >= 11 is 0. The van der Waals surface area contributed by atoms with Crippen molar-refractivity contribution in [3.8, 4) is 0 Å². The Labute approximate surface area is 142 Å². The molecular formula is C15H22Cl2N4O. The monoisotopic (exact) mass is 344 g/mol. The van der Waals surface area contributed by atoms with Crippen LogP contribution in [-0.4, -0.2) is 21.3 Å². The minimum absolute atomic E-state index is 0. The summed E-state index contributed by atoms with van der Waals surface area (Å²) in [6, 6.07) is 6.05. The highest BCUT2D eigenvalue weighted by Crippen LogP contribution is 2.26. The zero-order valence-electron chi connectivity index (χ0n) is 12.3. The summed E-state index contributed by atoms with van der Waals surface area (Å²) in [5, 5.41) is 2.94. The molecule has 0 saturated heterocycles. The quantitative estimate of drug-likeness (QED) is 0.893. The van der Waals surface area contributed by atoms with Gasteiger partial charge in [-0.05, 0) is 30.9 Å². The number of fused-ring (bicyclic) bond motifs is 1. The standard InChI is InChI=1S/C15H20N4O.2ClH/c16-13-5-3-4-11(13)8-15(20)17-9-12-10-19-7-2-1-6-14(19)18-12;;/h1-2,6-7,10-11,13H,3-5,8-9,16H2,(H,17,20);2*1H/t11-,13+;;/m0../s1. The summed E-state index contributed by atoms with van der Waals surface area (Å²) in [5.74, 6) is 0.417. The number of hydrogen-bond donors (Lipinski definition) is 2. The first-order valence-electron chi connectivity index (χ1n) is 7.17. The van der Waals surface area contributed by atoms with Gasteiger partial charge in [0.15, 0.2) is 0 Å². The van der Waals surface area contributed by atoms with Crippen LogP contribution in [0.1, 0.15) is 31.4 Å². The summed E-state index contributed by atoms with van der Waals surface area (Å²) in [5.41, 5.74) is 7.76. The average Bonchev–Trinajstić information content (AvgIpc) is 3.03. The second kappa shape index (κ2) is 8.36. The van der Waals surface area contributed by atoms with Crippen LogP contribution in [0.15, 0.2) is 30.6 Å². The van der Waals surface area contributed by atoms with Crippen molar-refractivity contribution in [3.05, 3.63) is 36.3 Å². The molecule has 0 radical (unpaired) electrons. The lowest BCUT2D eigenvalue weighted by molar-refractivity contribution is -0.122. The lowest BCUT2D eigenvalue weighted by atomic mass is 10.00. The number of carbonyl (C=O) groups excluding carboxylic acids is 1. The lowest BCUT2D eigenvalue weighted by Crippen LogP contribution is -2.31. The number of halogens is 2. The van der Waals surface area contributed by atoms with Crippen LogP contribution in [-0.2, 0) is 11.3 Å². The van der Waals surface area contributed by atoms with Gasteiger partial charge in [0.05, 0.1) is 12.2 Å². The number of hydrogen-bond acceptors (Lipinski definition) is 3. The molecule has 0 aromatic carbocycles. The molecule has 0 aliphatic heterocycles. The Morgan fingerprint density at radius 2 is 2.18 bits per heavy atom. The fourth-order valence-corrected chi connectivity index (χ4v) is 2.89. The van der Waals surface area contributed by atoms with Gasteiger partial charge in [0.25, 0.3) is 0 Å². The van der Waals surface area contributed by atoms with Crippen molar-refractivity contribution in [2.24, 2.45) is 11.7 Å². The van der Waals surface area contributed by atoms with Crippen molar-refractivity contribution in [1.29, 1.82) is 0 Å². The number of rotatable bonds is 4. The van der Waals surface area contributed by atoms with Crippen LogP contribution in [0.5, 0.6) is 0 Å². The largest absolute Gasteiger partial charge is 0.350 e. The van der Waals surface area contributed by atoms with E-state index >= 15 is 0 Å². The molecule has 3 N–H and O–H groups in total. The van der Waals surface area contributed by atoms with Crippen molar-refractivity contribution >= 4 is 36.4 Å². The highest BCUT2D eigenvalue weighted by atomic mass is 35.5. The number of amides is 1. The fourth-order valence-electron chi connectivity index (χ4n) is 2.89. The third-order valence-electron chi connectivity index (χ3n) is 4.05. The van der Waals surface area contributed by atoms with Crippen molar-refractivity contribution in [1.82, 2.24) is 14.7 Å². The molecule has 0 spiro atoms. The first kappa shape index (κ1) is 18.7. The second-order valence-corrected chi connectivity index (χ2v) is 5.53. The minimum atomic E-state index is 0. The van der Waals surface area contributed by atoms with Gasteiger partial charge in [0, 0.05) is 24.9 Å². The van der Waals surface area contributed by atoms with Crippen LogP contribution in [0, 0.1) is 5.92 Å². The van der Waals surface area contributed by atoms with Crippen molar-refractivity contribution in [3.63, 3.8) is 0 Å². The average molecular weight is 345 g/mol. The first-order valence-corrected chi connectivity index (χ1v) is 7.17. The summed E-state index contributed by atoms with van der Waals surface area (Å²) in [7, 11) is 0. The van der Waals surface area contributed by atoms with Crippen LogP contribution < -0.4 is 11.1 Å². The van der Waals surface area contributed by atoms with Gasteiger partial charge in [-0.3, -0.25) is 4.79 Å². The van der Waals surface area contributed by atoms with Crippen LogP contribution in [0.25, 0.3) is 5.65 Å². The van der Waals surface area contributed by atoms with Gasteiger partial charge in [-0.25, -0.2) is 4.98 Å². The van der Waals surface area contributed by atoms with Gasteiger partial charge in [-0.2, -0.15) is 0 Å². The highest BCUT2D eigenvalue weighted by Gasteiger charge is 2.25. The van der Waals surface area contributed by atoms with E-state index < -0.39 is 0 Å². The predicted molar refractivity (Wildman–Crippen MR) is 91.5 cm³/mol. The smallest absolute Gasteiger partial charge is 0.220 e. The van der Waals surface area contributed by atoms with Crippen LogP contribution in [0.3, 0.4) is 0 Å². The van der Waals surface area contributed by atoms with Crippen molar-refractivity contribution in [2.75, 3.05) is 0 Å².